The van der Waals surface area contributed by atoms with Crippen LogP contribution in [0.4, 0.5) is 0 Å². The van der Waals surface area contributed by atoms with Crippen LogP contribution in [0.1, 0.15) is 108 Å². The van der Waals surface area contributed by atoms with Gasteiger partial charge in [0.15, 0.2) is 0 Å². The lowest BCUT2D eigenvalue weighted by Crippen LogP contribution is -2.40. The number of hydrogen-bond acceptors (Lipinski definition) is 6. The van der Waals surface area contributed by atoms with Gasteiger partial charge in [-0.1, -0.05) is 37.3 Å². The van der Waals surface area contributed by atoms with Gasteiger partial charge in [0.2, 0.25) is 0 Å². The quantitative estimate of drug-likeness (QED) is 0.209. The van der Waals surface area contributed by atoms with Gasteiger partial charge >= 0.3 is 0 Å². The summed E-state index contributed by atoms with van der Waals surface area (Å²) in [6.45, 7) is 12.4. The van der Waals surface area contributed by atoms with Crippen molar-refractivity contribution in [3.63, 3.8) is 0 Å². The van der Waals surface area contributed by atoms with Crippen molar-refractivity contribution in [2.75, 3.05) is 33.0 Å². The van der Waals surface area contributed by atoms with Gasteiger partial charge in [0.1, 0.15) is 23.1 Å². The van der Waals surface area contributed by atoms with E-state index in [4.69, 9.17) is 18.9 Å². The zero-order valence-corrected chi connectivity index (χ0v) is 25.6. The smallest absolute Gasteiger partial charge is 0.137 e. The molecular weight excluding hydrogens is 516 g/mol. The molecule has 0 bridgehead atoms. The molecular formula is C35H48O6. The van der Waals surface area contributed by atoms with Crippen LogP contribution in [0.3, 0.4) is 0 Å². The van der Waals surface area contributed by atoms with Crippen LogP contribution in [-0.4, -0.2) is 44.6 Å². The largest absolute Gasteiger partial charge is 0.493 e. The monoisotopic (exact) mass is 564 g/mol. The van der Waals surface area contributed by atoms with Gasteiger partial charge in [-0.05, 0) is 94.9 Å². The van der Waals surface area contributed by atoms with Gasteiger partial charge < -0.3 is 18.9 Å². The Labute approximate surface area is 246 Å². The van der Waals surface area contributed by atoms with E-state index in [9.17, 15) is 9.59 Å². The minimum atomic E-state index is -0.645. The van der Waals surface area contributed by atoms with Gasteiger partial charge in [0.05, 0.1) is 19.3 Å². The number of benzene rings is 2. The second-order valence-electron chi connectivity index (χ2n) is 11.8. The Bertz CT molecular complexity index is 1120. The maximum absolute atomic E-state index is 14.2. The lowest BCUT2D eigenvalue weighted by molar-refractivity contribution is -0.140. The van der Waals surface area contributed by atoms with Gasteiger partial charge in [-0.3, -0.25) is 9.59 Å². The molecule has 6 heteroatoms. The molecule has 0 amide bonds. The van der Waals surface area contributed by atoms with Gasteiger partial charge in [-0.15, -0.1) is 0 Å². The third-order valence-corrected chi connectivity index (χ3v) is 9.03. The fourth-order valence-electron chi connectivity index (χ4n) is 6.20. The van der Waals surface area contributed by atoms with E-state index in [1.54, 1.807) is 6.92 Å². The molecule has 2 aliphatic rings. The highest BCUT2D eigenvalue weighted by molar-refractivity contribution is 5.91. The van der Waals surface area contributed by atoms with Crippen LogP contribution in [0.25, 0.3) is 0 Å². The number of Topliss-reactive ketones (excluding diaryl/α,β-unsaturated/α-hetero) is 2. The Morgan fingerprint density at radius 3 is 2.10 bits per heavy atom. The van der Waals surface area contributed by atoms with E-state index in [2.05, 4.69) is 31.2 Å². The van der Waals surface area contributed by atoms with Crippen molar-refractivity contribution in [3.8, 4) is 11.5 Å². The topological polar surface area (TPSA) is 71.1 Å². The predicted molar refractivity (Wildman–Crippen MR) is 161 cm³/mol. The van der Waals surface area contributed by atoms with Gasteiger partial charge in [-0.2, -0.15) is 0 Å². The van der Waals surface area contributed by atoms with Gasteiger partial charge in [-0.25, -0.2) is 0 Å². The Balaban J connectivity index is 1.61. The van der Waals surface area contributed by atoms with E-state index < -0.39 is 5.41 Å². The Morgan fingerprint density at radius 1 is 0.951 bits per heavy atom. The van der Waals surface area contributed by atoms with Crippen LogP contribution >= 0.6 is 0 Å². The van der Waals surface area contributed by atoms with Crippen LogP contribution < -0.4 is 9.47 Å². The molecule has 0 aromatic heterocycles. The molecule has 1 heterocycles. The van der Waals surface area contributed by atoms with Crippen molar-refractivity contribution in [1.82, 2.24) is 0 Å². The summed E-state index contributed by atoms with van der Waals surface area (Å²) in [6.07, 6.45) is 4.21. The summed E-state index contributed by atoms with van der Waals surface area (Å²) in [7, 11) is 0. The first-order valence-electron chi connectivity index (χ1n) is 15.5. The standard InChI is InChI=1S/C35H48O6/c1-6-39-32-21-29(22-33(40-7-2)34(32)28-13-14-28)24(3)30(15-18-41-25(4)27-11-9-8-10-12-27)31(37)23-35(26(5)36)16-19-38-20-17-35/h8-12,21-22,24-25,28,30H,6-7,13-20,23H2,1-5H3/t24-,25+,30?/m1/s1. The predicted octanol–water partition coefficient (Wildman–Crippen LogP) is 7.59. The Kier molecular flexibility index (Phi) is 11.0. The van der Waals surface area contributed by atoms with Crippen molar-refractivity contribution in [3.05, 3.63) is 59.2 Å². The minimum Gasteiger partial charge on any atom is -0.493 e. The van der Waals surface area contributed by atoms with Crippen LogP contribution in [-0.2, 0) is 19.1 Å². The molecule has 4 rings (SSSR count). The second-order valence-corrected chi connectivity index (χ2v) is 11.8. The summed E-state index contributed by atoms with van der Waals surface area (Å²) in [6, 6.07) is 14.4. The number of carbonyl (C=O) groups is 2. The molecule has 2 aromatic rings. The van der Waals surface area contributed by atoms with Crippen LogP contribution in [0, 0.1) is 11.3 Å². The van der Waals surface area contributed by atoms with E-state index in [1.165, 1.54) is 0 Å². The molecule has 6 nitrogen and oxygen atoms in total. The van der Waals surface area contributed by atoms with Crippen molar-refractivity contribution in [2.45, 2.75) is 91.1 Å². The average molecular weight is 565 g/mol. The lowest BCUT2D eigenvalue weighted by atomic mass is 9.69. The van der Waals surface area contributed by atoms with Crippen molar-refractivity contribution in [2.24, 2.45) is 11.3 Å². The maximum atomic E-state index is 14.2. The first-order chi connectivity index (χ1) is 19.8. The summed E-state index contributed by atoms with van der Waals surface area (Å²) in [5, 5.41) is 0. The number of carbonyl (C=O) groups excluding carboxylic acids is 2. The number of ketones is 2. The fourth-order valence-corrected chi connectivity index (χ4v) is 6.20. The highest BCUT2D eigenvalue weighted by Crippen LogP contribution is 2.50. The SMILES string of the molecule is CCOc1cc([C@@H](C)C(CCO[C@@H](C)c2ccccc2)C(=O)CC2(C(C)=O)CCOCC2)cc(OCC)c1C1CC1. The molecule has 0 spiro atoms. The lowest BCUT2D eigenvalue weighted by Gasteiger charge is -2.36. The summed E-state index contributed by atoms with van der Waals surface area (Å²) >= 11 is 0. The molecule has 1 aliphatic carbocycles. The molecule has 2 aromatic carbocycles. The number of rotatable bonds is 16. The molecule has 1 saturated heterocycles. The second kappa shape index (κ2) is 14.5. The average Bonchev–Trinajstić information content (AvgIpc) is 3.81. The van der Waals surface area contributed by atoms with E-state index in [0.717, 1.165) is 41.0 Å². The van der Waals surface area contributed by atoms with Crippen LogP contribution in [0.5, 0.6) is 11.5 Å². The molecule has 1 unspecified atom stereocenters. The third-order valence-electron chi connectivity index (χ3n) is 9.03. The van der Waals surface area contributed by atoms with Crippen LogP contribution in [0.15, 0.2) is 42.5 Å². The summed E-state index contributed by atoms with van der Waals surface area (Å²) in [5.74, 6) is 1.99. The molecule has 224 valence electrons. The summed E-state index contributed by atoms with van der Waals surface area (Å²) < 4.78 is 24.1. The van der Waals surface area contributed by atoms with Crippen molar-refractivity contribution < 1.29 is 28.5 Å². The van der Waals surface area contributed by atoms with Crippen molar-refractivity contribution >= 4 is 11.6 Å². The first-order valence-corrected chi connectivity index (χ1v) is 15.5. The zero-order valence-electron chi connectivity index (χ0n) is 25.6. The molecule has 1 saturated carbocycles. The first kappa shape index (κ1) is 31.2. The molecule has 0 radical (unpaired) electrons. The summed E-state index contributed by atoms with van der Waals surface area (Å²) in [5.41, 5.74) is 2.65. The molecule has 3 atom stereocenters. The molecule has 1 aliphatic heterocycles. The summed E-state index contributed by atoms with van der Waals surface area (Å²) in [4.78, 5) is 27.0. The normalized spacial score (nSPS) is 18.8. The number of hydrogen-bond donors (Lipinski definition) is 0. The third kappa shape index (κ3) is 7.78. The van der Waals surface area contributed by atoms with E-state index in [0.29, 0.717) is 58.2 Å². The molecule has 41 heavy (non-hydrogen) atoms. The van der Waals surface area contributed by atoms with E-state index in [-0.39, 0.29) is 35.9 Å². The number of ether oxygens (including phenoxy) is 4. The van der Waals surface area contributed by atoms with Crippen molar-refractivity contribution in [1.29, 1.82) is 0 Å². The van der Waals surface area contributed by atoms with E-state index >= 15 is 0 Å². The maximum Gasteiger partial charge on any atom is 0.137 e. The highest BCUT2D eigenvalue weighted by Gasteiger charge is 2.42. The molecule has 2 fully saturated rings. The van der Waals surface area contributed by atoms with Gasteiger partial charge in [0, 0.05) is 43.1 Å². The molecule has 0 N–H and O–H groups in total. The fraction of sp³-hybridized carbons (Fsp3) is 0.600. The Hall–Kier alpha value is -2.70. The zero-order chi connectivity index (χ0) is 29.4. The van der Waals surface area contributed by atoms with Gasteiger partial charge in [0.25, 0.3) is 0 Å². The minimum absolute atomic E-state index is 0.0757. The highest BCUT2D eigenvalue weighted by atomic mass is 16.5. The van der Waals surface area contributed by atoms with Crippen LogP contribution in [0.2, 0.25) is 0 Å². The van der Waals surface area contributed by atoms with E-state index in [1.807, 2.05) is 39.0 Å². The Morgan fingerprint density at radius 2 is 1.56 bits per heavy atom.